The fraction of sp³-hybridized carbons (Fsp3) is 0.391. The Kier molecular flexibility index (Phi) is 8.43. The van der Waals surface area contributed by atoms with Crippen LogP contribution < -0.4 is 15.4 Å². The minimum absolute atomic E-state index is 0.110. The van der Waals surface area contributed by atoms with E-state index < -0.39 is 21.8 Å². The quantitative estimate of drug-likeness (QED) is 0.574. The Bertz CT molecular complexity index is 1080. The first-order chi connectivity index (χ1) is 15.8. The van der Waals surface area contributed by atoms with E-state index in [0.717, 1.165) is 0 Å². The summed E-state index contributed by atoms with van der Waals surface area (Å²) < 4.78 is 38.3. The van der Waals surface area contributed by atoms with Gasteiger partial charge in [-0.2, -0.15) is 4.31 Å². The van der Waals surface area contributed by atoms with Gasteiger partial charge in [-0.25, -0.2) is 8.42 Å². The molecule has 3 rings (SSSR count). The maximum Gasteiger partial charge on any atom is 0.251 e. The number of amides is 2. The molecule has 0 spiro atoms. The van der Waals surface area contributed by atoms with E-state index in [9.17, 15) is 18.0 Å². The lowest BCUT2D eigenvalue weighted by Gasteiger charge is -2.27. The Balaban J connectivity index is 1.66. The van der Waals surface area contributed by atoms with Gasteiger partial charge in [0.1, 0.15) is 5.75 Å². The number of aryl methyl sites for hydroxylation is 1. The van der Waals surface area contributed by atoms with Gasteiger partial charge in [0, 0.05) is 24.3 Å². The van der Waals surface area contributed by atoms with Crippen LogP contribution in [0.4, 0.5) is 5.69 Å². The number of sulfonamides is 1. The molecule has 0 saturated carbocycles. The summed E-state index contributed by atoms with van der Waals surface area (Å²) in [5.41, 5.74) is 1.38. The van der Waals surface area contributed by atoms with Crippen LogP contribution in [-0.2, 0) is 26.0 Å². The van der Waals surface area contributed by atoms with Gasteiger partial charge in [-0.05, 0) is 55.3 Å². The van der Waals surface area contributed by atoms with Crippen LogP contribution in [0, 0.1) is 0 Å². The summed E-state index contributed by atoms with van der Waals surface area (Å²) in [6, 6.07) is 11.5. The lowest BCUT2D eigenvalue weighted by Crippen LogP contribution is -2.41. The Morgan fingerprint density at radius 2 is 1.76 bits per heavy atom. The molecule has 1 saturated heterocycles. The van der Waals surface area contributed by atoms with Crippen molar-refractivity contribution in [2.45, 2.75) is 25.2 Å². The molecular formula is C23H29N3O6S. The number of hydrogen-bond acceptors (Lipinski definition) is 6. The van der Waals surface area contributed by atoms with E-state index >= 15 is 0 Å². The summed E-state index contributed by atoms with van der Waals surface area (Å²) in [6.07, 6.45) is 0.505. The highest BCUT2D eigenvalue weighted by atomic mass is 32.2. The summed E-state index contributed by atoms with van der Waals surface area (Å²) in [6.45, 7) is 5.25. The zero-order chi connectivity index (χ0) is 23.8. The number of benzene rings is 2. The van der Waals surface area contributed by atoms with Gasteiger partial charge in [-0.15, -0.1) is 0 Å². The third kappa shape index (κ3) is 6.31. The average molecular weight is 476 g/mol. The molecule has 1 aliphatic rings. The first-order valence-corrected chi connectivity index (χ1v) is 12.3. The highest BCUT2D eigenvalue weighted by Crippen LogP contribution is 2.23. The van der Waals surface area contributed by atoms with Crippen molar-refractivity contribution in [3.05, 3.63) is 53.6 Å². The second kappa shape index (κ2) is 11.3. The maximum absolute atomic E-state index is 13.1. The number of anilines is 1. The molecule has 0 unspecified atom stereocenters. The third-order valence-corrected chi connectivity index (χ3v) is 7.14. The molecule has 0 radical (unpaired) electrons. The summed E-state index contributed by atoms with van der Waals surface area (Å²) in [7, 11) is -3.76. The number of nitrogens with one attached hydrogen (secondary N) is 2. The second-order valence-corrected chi connectivity index (χ2v) is 9.29. The van der Waals surface area contributed by atoms with Crippen molar-refractivity contribution in [1.29, 1.82) is 0 Å². The molecule has 0 atom stereocenters. The van der Waals surface area contributed by atoms with Gasteiger partial charge in [0.25, 0.3) is 5.91 Å². The van der Waals surface area contributed by atoms with Gasteiger partial charge < -0.3 is 20.1 Å². The van der Waals surface area contributed by atoms with E-state index in [1.54, 1.807) is 36.4 Å². The molecule has 0 bridgehead atoms. The van der Waals surface area contributed by atoms with E-state index in [4.69, 9.17) is 9.47 Å². The van der Waals surface area contributed by atoms with E-state index in [1.165, 1.54) is 10.4 Å². The summed E-state index contributed by atoms with van der Waals surface area (Å²) >= 11 is 0. The summed E-state index contributed by atoms with van der Waals surface area (Å²) in [4.78, 5) is 25.0. The van der Waals surface area contributed by atoms with Crippen molar-refractivity contribution < 1.29 is 27.5 Å². The smallest absolute Gasteiger partial charge is 0.251 e. The molecule has 2 aromatic rings. The Labute approximate surface area is 194 Å². The third-order valence-electron chi connectivity index (χ3n) is 5.16. The van der Waals surface area contributed by atoms with Gasteiger partial charge in [-0.1, -0.05) is 13.0 Å². The number of hydrogen-bond donors (Lipinski definition) is 2. The number of nitrogens with zero attached hydrogens (tertiary/aromatic N) is 1. The molecule has 1 fully saturated rings. The van der Waals surface area contributed by atoms with Crippen LogP contribution in [0.5, 0.6) is 5.75 Å². The molecule has 10 heteroatoms. The molecule has 9 nitrogen and oxygen atoms in total. The topological polar surface area (TPSA) is 114 Å². The van der Waals surface area contributed by atoms with Gasteiger partial charge >= 0.3 is 0 Å². The molecule has 178 valence electrons. The van der Waals surface area contributed by atoms with Crippen molar-refractivity contribution in [1.82, 2.24) is 9.62 Å². The standard InChI is InChI=1S/C23H29N3O6S/c1-3-17-5-6-18(15-21(17)33(29,30)26-11-13-31-14-12-26)23(28)24-16-22(27)25-19-7-9-20(10-8-19)32-4-2/h5-10,15H,3-4,11-14,16H2,1-2H3,(H,24,28)(H,25,27). The SMILES string of the molecule is CCOc1ccc(NC(=O)CNC(=O)c2ccc(CC)c(S(=O)(=O)N3CCOCC3)c2)cc1. The molecule has 2 N–H and O–H groups in total. The van der Waals surface area contributed by atoms with Gasteiger partial charge in [0.15, 0.2) is 0 Å². The van der Waals surface area contributed by atoms with Crippen LogP contribution in [-0.4, -0.2) is 64.0 Å². The predicted molar refractivity (Wildman–Crippen MR) is 124 cm³/mol. The number of rotatable bonds is 9. The largest absolute Gasteiger partial charge is 0.494 e. The van der Waals surface area contributed by atoms with Crippen LogP contribution in [0.15, 0.2) is 47.4 Å². The molecule has 33 heavy (non-hydrogen) atoms. The van der Waals surface area contributed by atoms with Crippen molar-refractivity contribution in [3.8, 4) is 5.75 Å². The molecule has 0 aliphatic carbocycles. The van der Waals surface area contributed by atoms with Crippen molar-refractivity contribution in [2.24, 2.45) is 0 Å². The maximum atomic E-state index is 13.1. The second-order valence-electron chi connectivity index (χ2n) is 7.38. The Morgan fingerprint density at radius 3 is 2.39 bits per heavy atom. The van der Waals surface area contributed by atoms with Gasteiger partial charge in [0.2, 0.25) is 15.9 Å². The van der Waals surface area contributed by atoms with Gasteiger partial charge in [-0.3, -0.25) is 9.59 Å². The molecule has 0 aromatic heterocycles. The molecule has 1 heterocycles. The Morgan fingerprint density at radius 1 is 1.06 bits per heavy atom. The molecular weight excluding hydrogens is 446 g/mol. The first kappa shape index (κ1) is 24.7. The van der Waals surface area contributed by atoms with Crippen LogP contribution in [0.25, 0.3) is 0 Å². The minimum Gasteiger partial charge on any atom is -0.494 e. The molecule has 2 amide bonds. The monoisotopic (exact) mass is 475 g/mol. The highest BCUT2D eigenvalue weighted by Gasteiger charge is 2.29. The normalized spacial score (nSPS) is 14.5. The summed E-state index contributed by atoms with van der Waals surface area (Å²) in [5, 5.41) is 5.23. The highest BCUT2D eigenvalue weighted by molar-refractivity contribution is 7.89. The van der Waals surface area contributed by atoms with Crippen molar-refractivity contribution in [3.63, 3.8) is 0 Å². The lowest BCUT2D eigenvalue weighted by molar-refractivity contribution is -0.115. The fourth-order valence-corrected chi connectivity index (χ4v) is 5.15. The van der Waals surface area contributed by atoms with Crippen molar-refractivity contribution >= 4 is 27.5 Å². The van der Waals surface area contributed by atoms with Crippen molar-refractivity contribution in [2.75, 3.05) is 44.8 Å². The summed E-state index contributed by atoms with van der Waals surface area (Å²) in [5.74, 6) is -0.237. The van der Waals surface area contributed by atoms with E-state index in [0.29, 0.717) is 43.2 Å². The van der Waals surface area contributed by atoms with Gasteiger partial charge in [0.05, 0.1) is 31.3 Å². The van der Waals surface area contributed by atoms with Crippen LogP contribution in [0.2, 0.25) is 0 Å². The predicted octanol–water partition coefficient (Wildman–Crippen LogP) is 2.04. The van der Waals surface area contributed by atoms with E-state index in [-0.39, 0.29) is 30.1 Å². The van der Waals surface area contributed by atoms with Crippen LogP contribution in [0.1, 0.15) is 29.8 Å². The first-order valence-electron chi connectivity index (χ1n) is 10.9. The zero-order valence-corrected chi connectivity index (χ0v) is 19.6. The number of carbonyl (C=O) groups is 2. The number of morpholine rings is 1. The number of carbonyl (C=O) groups excluding carboxylic acids is 2. The van der Waals surface area contributed by atoms with Crippen LogP contribution >= 0.6 is 0 Å². The van der Waals surface area contributed by atoms with E-state index in [1.807, 2.05) is 13.8 Å². The van der Waals surface area contributed by atoms with E-state index in [2.05, 4.69) is 10.6 Å². The minimum atomic E-state index is -3.76. The van der Waals surface area contributed by atoms with Crippen LogP contribution in [0.3, 0.4) is 0 Å². The lowest BCUT2D eigenvalue weighted by atomic mass is 10.1. The average Bonchev–Trinajstić information content (AvgIpc) is 2.84. The Hall–Kier alpha value is -2.95. The zero-order valence-electron chi connectivity index (χ0n) is 18.8. The molecule has 1 aliphatic heterocycles. The molecule has 2 aromatic carbocycles. The fourth-order valence-electron chi connectivity index (χ4n) is 3.42. The number of ether oxygens (including phenoxy) is 2.